The number of fused-ring (bicyclic) bond motifs is 1. The molecule has 1 aliphatic heterocycles. The van der Waals surface area contributed by atoms with Crippen LogP contribution in [0.25, 0.3) is 11.4 Å². The van der Waals surface area contributed by atoms with Gasteiger partial charge in [0, 0.05) is 42.8 Å². The molecule has 0 N–H and O–H groups in total. The molecule has 5 rings (SSSR count). The smallest absolute Gasteiger partial charge is 0.191 e. The van der Waals surface area contributed by atoms with Crippen molar-refractivity contribution in [3.63, 3.8) is 0 Å². The molecule has 2 aromatic heterocycles. The number of hydrogen-bond acceptors (Lipinski definition) is 5. The first-order valence-electron chi connectivity index (χ1n) is 10.2. The maximum Gasteiger partial charge on any atom is 0.191 e. The molecule has 3 aromatic rings. The van der Waals surface area contributed by atoms with E-state index in [0.717, 1.165) is 45.7 Å². The van der Waals surface area contributed by atoms with E-state index in [1.807, 2.05) is 18.7 Å². The normalized spacial score (nSPS) is 23.1. The molecule has 1 saturated carbocycles. The van der Waals surface area contributed by atoms with E-state index in [1.165, 1.54) is 25.1 Å². The molecule has 30 heavy (non-hydrogen) atoms. The van der Waals surface area contributed by atoms with E-state index in [2.05, 4.69) is 60.4 Å². The number of benzene rings is 1. The molecular formula is C21H24BrClN6S. The highest BCUT2D eigenvalue weighted by molar-refractivity contribution is 9.10. The number of likely N-dealkylation sites (tertiary alicyclic amines) is 1. The van der Waals surface area contributed by atoms with Gasteiger partial charge >= 0.3 is 0 Å². The molecule has 2 unspecified atom stereocenters. The highest BCUT2D eigenvalue weighted by Gasteiger charge is 2.60. The Hall–Kier alpha value is -1.35. The van der Waals surface area contributed by atoms with Crippen molar-refractivity contribution in [2.75, 3.05) is 25.4 Å². The van der Waals surface area contributed by atoms with Crippen molar-refractivity contribution in [1.29, 1.82) is 0 Å². The quantitative estimate of drug-likeness (QED) is 0.351. The Morgan fingerprint density at radius 3 is 2.77 bits per heavy atom. The van der Waals surface area contributed by atoms with Crippen LogP contribution in [0.5, 0.6) is 0 Å². The number of aromatic nitrogens is 5. The molecule has 0 bridgehead atoms. The van der Waals surface area contributed by atoms with Crippen LogP contribution in [0.3, 0.4) is 0 Å². The van der Waals surface area contributed by atoms with E-state index in [1.54, 1.807) is 22.6 Å². The van der Waals surface area contributed by atoms with Crippen LogP contribution in [0.1, 0.15) is 18.4 Å². The van der Waals surface area contributed by atoms with Crippen LogP contribution in [0.2, 0.25) is 5.15 Å². The summed E-state index contributed by atoms with van der Waals surface area (Å²) < 4.78 is 4.80. The molecule has 9 heteroatoms. The lowest BCUT2D eigenvalue weighted by atomic mass is 9.95. The van der Waals surface area contributed by atoms with Crippen molar-refractivity contribution >= 4 is 39.3 Å². The van der Waals surface area contributed by atoms with Crippen LogP contribution in [-0.2, 0) is 19.5 Å². The van der Waals surface area contributed by atoms with Crippen molar-refractivity contribution in [3.8, 4) is 11.4 Å². The fourth-order valence-corrected chi connectivity index (χ4v) is 5.96. The molecule has 0 spiro atoms. The Morgan fingerprint density at radius 2 is 2.03 bits per heavy atom. The lowest BCUT2D eigenvalue weighted by Gasteiger charge is -2.21. The third kappa shape index (κ3) is 3.61. The van der Waals surface area contributed by atoms with E-state index in [4.69, 9.17) is 11.6 Å². The molecule has 2 atom stereocenters. The number of nitrogens with zero attached hydrogens (tertiary/aromatic N) is 6. The molecule has 1 aromatic carbocycles. The van der Waals surface area contributed by atoms with Crippen LogP contribution in [0.4, 0.5) is 0 Å². The minimum Gasteiger partial charge on any atom is -0.305 e. The van der Waals surface area contributed by atoms with Crippen molar-refractivity contribution < 1.29 is 0 Å². The van der Waals surface area contributed by atoms with Crippen LogP contribution < -0.4 is 0 Å². The van der Waals surface area contributed by atoms with Crippen LogP contribution in [0.15, 0.2) is 40.1 Å². The molecule has 1 saturated heterocycles. The monoisotopic (exact) mass is 506 g/mol. The zero-order chi connectivity index (χ0) is 20.9. The van der Waals surface area contributed by atoms with Crippen LogP contribution in [0, 0.1) is 5.92 Å². The lowest BCUT2D eigenvalue weighted by Crippen LogP contribution is -2.27. The Morgan fingerprint density at radius 1 is 1.23 bits per heavy atom. The molecule has 158 valence electrons. The number of halogens is 2. The van der Waals surface area contributed by atoms with Crippen molar-refractivity contribution in [1.82, 2.24) is 29.4 Å². The topological polar surface area (TPSA) is 51.8 Å². The van der Waals surface area contributed by atoms with Gasteiger partial charge in [0.1, 0.15) is 5.15 Å². The summed E-state index contributed by atoms with van der Waals surface area (Å²) in [5.74, 6) is 2.61. The van der Waals surface area contributed by atoms with Crippen LogP contribution in [-0.4, -0.2) is 54.8 Å². The lowest BCUT2D eigenvalue weighted by molar-refractivity contribution is 0.299. The molecule has 3 heterocycles. The first kappa shape index (κ1) is 20.5. The predicted octanol–water partition coefficient (Wildman–Crippen LogP) is 4.39. The van der Waals surface area contributed by atoms with Gasteiger partial charge in [-0.2, -0.15) is 5.10 Å². The van der Waals surface area contributed by atoms with Gasteiger partial charge in [-0.05, 0) is 43.0 Å². The Kier molecular flexibility index (Phi) is 5.46. The number of aryl methyl sites for hydroxylation is 1. The second kappa shape index (κ2) is 7.97. The summed E-state index contributed by atoms with van der Waals surface area (Å²) in [4.78, 5) is 2.63. The molecule has 0 radical (unpaired) electrons. The van der Waals surface area contributed by atoms with E-state index in [-0.39, 0.29) is 0 Å². The maximum atomic E-state index is 6.31. The van der Waals surface area contributed by atoms with Gasteiger partial charge in [-0.1, -0.05) is 51.4 Å². The van der Waals surface area contributed by atoms with Gasteiger partial charge in [0.25, 0.3) is 0 Å². The first-order valence-corrected chi connectivity index (χ1v) is 12.3. The number of thioether (sulfide) groups is 1. The average molecular weight is 508 g/mol. The van der Waals surface area contributed by atoms with E-state index < -0.39 is 0 Å². The summed E-state index contributed by atoms with van der Waals surface area (Å²) in [7, 11) is 3.80. The third-order valence-corrected chi connectivity index (χ3v) is 8.51. The molecule has 1 aliphatic carbocycles. The molecule has 6 nitrogen and oxygen atoms in total. The largest absolute Gasteiger partial charge is 0.305 e. The minimum atomic E-state index is 0.412. The zero-order valence-electron chi connectivity index (χ0n) is 17.1. The van der Waals surface area contributed by atoms with E-state index in [9.17, 15) is 0 Å². The Bertz CT molecular complexity index is 1060. The second-order valence-corrected chi connectivity index (χ2v) is 10.7. The Labute approximate surface area is 194 Å². The van der Waals surface area contributed by atoms with Gasteiger partial charge in [0.05, 0.1) is 11.8 Å². The number of piperidine rings is 1. The molecular weight excluding hydrogens is 484 g/mol. The summed E-state index contributed by atoms with van der Waals surface area (Å²) in [6, 6.07) is 8.94. The van der Waals surface area contributed by atoms with Crippen molar-refractivity contribution in [3.05, 3.63) is 45.7 Å². The van der Waals surface area contributed by atoms with Crippen LogP contribution >= 0.6 is 39.3 Å². The second-order valence-electron chi connectivity index (χ2n) is 8.34. The average Bonchev–Trinajstić information content (AvgIpc) is 2.98. The Balaban J connectivity index is 1.13. The molecule has 2 fully saturated rings. The van der Waals surface area contributed by atoms with Gasteiger partial charge in [-0.15, -0.1) is 10.2 Å². The van der Waals surface area contributed by atoms with Gasteiger partial charge < -0.3 is 9.47 Å². The van der Waals surface area contributed by atoms with Crippen molar-refractivity contribution in [2.24, 2.45) is 20.0 Å². The highest BCUT2D eigenvalue weighted by atomic mass is 79.9. The first-order chi connectivity index (χ1) is 14.5. The SMILES string of the molecule is Cn1ncc(-c2nnc(SCCCN3CC4CC4(c4ccc(Br)cc4)C3)n2C)c1Cl. The minimum absolute atomic E-state index is 0.412. The maximum absolute atomic E-state index is 6.31. The highest BCUT2D eigenvalue weighted by Crippen LogP contribution is 2.59. The van der Waals surface area contributed by atoms with Crippen molar-refractivity contribution in [2.45, 2.75) is 23.4 Å². The fraction of sp³-hybridized carbons (Fsp3) is 0.476. The van der Waals surface area contributed by atoms with Gasteiger partial charge in [0.2, 0.25) is 0 Å². The summed E-state index contributed by atoms with van der Waals surface area (Å²) in [5, 5.41) is 14.4. The molecule has 2 aliphatic rings. The van der Waals surface area contributed by atoms with Gasteiger partial charge in [-0.3, -0.25) is 4.68 Å². The van der Waals surface area contributed by atoms with E-state index in [0.29, 0.717) is 10.6 Å². The zero-order valence-corrected chi connectivity index (χ0v) is 20.2. The molecule has 0 amide bonds. The van der Waals surface area contributed by atoms with Gasteiger partial charge in [-0.25, -0.2) is 0 Å². The van der Waals surface area contributed by atoms with Gasteiger partial charge in [0.15, 0.2) is 11.0 Å². The summed E-state index contributed by atoms with van der Waals surface area (Å²) >= 11 is 11.6. The summed E-state index contributed by atoms with van der Waals surface area (Å²) in [5.41, 5.74) is 2.73. The standard InChI is InChI=1S/C21H24BrClN6S/c1-27-19(17-11-24-28(2)18(17)23)25-26-20(27)30-9-3-8-29-12-15-10-21(15,13-29)14-4-6-16(22)7-5-14/h4-7,11,15H,3,8-10,12-13H2,1-2H3. The number of hydrogen-bond donors (Lipinski definition) is 0. The fourth-order valence-electron chi connectivity index (χ4n) is 4.69. The van der Waals surface area contributed by atoms with E-state index >= 15 is 0 Å². The summed E-state index contributed by atoms with van der Waals surface area (Å²) in [6.07, 6.45) is 4.23. The number of rotatable bonds is 7. The third-order valence-electron chi connectivity index (χ3n) is 6.43. The predicted molar refractivity (Wildman–Crippen MR) is 124 cm³/mol. The summed E-state index contributed by atoms with van der Waals surface area (Å²) in [6.45, 7) is 3.56.